The molecule has 4 nitrogen and oxygen atoms in total. The lowest BCUT2D eigenvalue weighted by Crippen LogP contribution is -2.30. The summed E-state index contributed by atoms with van der Waals surface area (Å²) >= 11 is 1.53. The minimum atomic E-state index is -0.977. The van der Waals surface area contributed by atoms with Gasteiger partial charge in [-0.05, 0) is 58.0 Å². The van der Waals surface area contributed by atoms with E-state index >= 15 is 0 Å². The summed E-state index contributed by atoms with van der Waals surface area (Å²) in [5.74, 6) is -0.248. The SMILES string of the molecule is CCN(CC)c1ccc(C2(c3ccc(N(CC)CC)cc3)OC(=O)c3sc4ccccc4c32)cc1. The van der Waals surface area contributed by atoms with Crippen LogP contribution in [0, 0.1) is 0 Å². The molecule has 1 aliphatic heterocycles. The summed E-state index contributed by atoms with van der Waals surface area (Å²) in [7, 11) is 0. The van der Waals surface area contributed by atoms with Crippen LogP contribution < -0.4 is 9.80 Å². The van der Waals surface area contributed by atoms with E-state index in [4.69, 9.17) is 4.74 Å². The number of esters is 1. The quantitative estimate of drug-likeness (QED) is 0.251. The van der Waals surface area contributed by atoms with Crippen molar-refractivity contribution < 1.29 is 9.53 Å². The zero-order chi connectivity index (χ0) is 24.6. The van der Waals surface area contributed by atoms with Crippen LogP contribution in [0.25, 0.3) is 10.1 Å². The monoisotopic (exact) mass is 484 g/mol. The Bertz CT molecular complexity index is 1280. The highest BCUT2D eigenvalue weighted by Crippen LogP contribution is 2.53. The van der Waals surface area contributed by atoms with Gasteiger partial charge in [0.2, 0.25) is 0 Å². The molecule has 35 heavy (non-hydrogen) atoms. The van der Waals surface area contributed by atoms with Gasteiger partial charge in [0, 0.05) is 64.3 Å². The van der Waals surface area contributed by atoms with Gasteiger partial charge in [0.1, 0.15) is 4.88 Å². The van der Waals surface area contributed by atoms with E-state index in [9.17, 15) is 4.79 Å². The van der Waals surface area contributed by atoms with Crippen molar-refractivity contribution in [3.8, 4) is 0 Å². The predicted molar refractivity (Wildman–Crippen MR) is 147 cm³/mol. The number of thiophene rings is 1. The number of nitrogens with zero attached hydrogens (tertiary/aromatic N) is 2. The smallest absolute Gasteiger partial charge is 0.350 e. The molecule has 0 atom stereocenters. The Balaban J connectivity index is 1.73. The van der Waals surface area contributed by atoms with Crippen molar-refractivity contribution in [1.29, 1.82) is 0 Å². The van der Waals surface area contributed by atoms with E-state index in [-0.39, 0.29) is 5.97 Å². The maximum atomic E-state index is 13.3. The molecule has 1 aromatic heterocycles. The largest absolute Gasteiger partial charge is 0.440 e. The summed E-state index contributed by atoms with van der Waals surface area (Å²) in [5.41, 5.74) is 4.28. The van der Waals surface area contributed by atoms with E-state index in [2.05, 4.69) is 98.2 Å². The summed E-state index contributed by atoms with van der Waals surface area (Å²) in [4.78, 5) is 18.6. The van der Waals surface area contributed by atoms with Gasteiger partial charge in [-0.15, -0.1) is 11.3 Å². The summed E-state index contributed by atoms with van der Waals surface area (Å²) in [5, 5.41) is 1.08. The molecule has 180 valence electrons. The molecule has 0 N–H and O–H groups in total. The second kappa shape index (κ2) is 9.38. The van der Waals surface area contributed by atoms with Gasteiger partial charge in [0.25, 0.3) is 0 Å². The molecule has 0 fully saturated rings. The lowest BCUT2D eigenvalue weighted by molar-refractivity contribution is 0.0256. The fourth-order valence-electron chi connectivity index (χ4n) is 5.34. The number of carbonyl (C=O) groups is 1. The second-order valence-electron chi connectivity index (χ2n) is 8.81. The standard InChI is InChI=1S/C30H32N2O2S/c1-5-31(6-2)23-17-13-21(14-18-23)30(22-15-19-24(20-16-22)32(7-3)8-4)27-25-11-9-10-12-26(25)35-28(27)29(33)34-30/h9-20H,5-8H2,1-4H3. The van der Waals surface area contributed by atoms with Crippen LogP contribution in [0.15, 0.2) is 72.8 Å². The van der Waals surface area contributed by atoms with Gasteiger partial charge in [0.15, 0.2) is 5.60 Å². The van der Waals surface area contributed by atoms with Crippen molar-refractivity contribution in [3.63, 3.8) is 0 Å². The molecule has 0 bridgehead atoms. The number of carbonyl (C=O) groups excluding carboxylic acids is 1. The third kappa shape index (κ3) is 3.69. The third-order valence-electron chi connectivity index (χ3n) is 7.18. The number of hydrogen-bond acceptors (Lipinski definition) is 5. The van der Waals surface area contributed by atoms with Gasteiger partial charge in [-0.25, -0.2) is 4.79 Å². The van der Waals surface area contributed by atoms with Gasteiger partial charge >= 0.3 is 5.97 Å². The topological polar surface area (TPSA) is 32.8 Å². The first kappa shape index (κ1) is 23.4. The average Bonchev–Trinajstić information content (AvgIpc) is 3.43. The van der Waals surface area contributed by atoms with Crippen LogP contribution in [-0.4, -0.2) is 32.1 Å². The van der Waals surface area contributed by atoms with Crippen LogP contribution >= 0.6 is 11.3 Å². The Kier molecular flexibility index (Phi) is 6.28. The molecule has 2 heterocycles. The Morgan fingerprint density at radius 1 is 0.714 bits per heavy atom. The minimum absolute atomic E-state index is 0.248. The lowest BCUT2D eigenvalue weighted by atomic mass is 9.80. The van der Waals surface area contributed by atoms with Crippen LogP contribution in [0.3, 0.4) is 0 Å². The number of fused-ring (bicyclic) bond motifs is 3. The van der Waals surface area contributed by atoms with E-state index in [1.807, 2.05) is 12.1 Å². The molecule has 0 saturated carbocycles. The predicted octanol–water partition coefficient (Wildman–Crippen LogP) is 7.06. The van der Waals surface area contributed by atoms with Crippen LogP contribution in [-0.2, 0) is 10.3 Å². The fraction of sp³-hybridized carbons (Fsp3) is 0.300. The van der Waals surface area contributed by atoms with Crippen LogP contribution in [0.1, 0.15) is 54.1 Å². The minimum Gasteiger partial charge on any atom is -0.440 e. The van der Waals surface area contributed by atoms with Gasteiger partial charge < -0.3 is 14.5 Å². The van der Waals surface area contributed by atoms with E-state index in [0.717, 1.165) is 53.0 Å². The van der Waals surface area contributed by atoms with Crippen LogP contribution in [0.5, 0.6) is 0 Å². The van der Waals surface area contributed by atoms with Gasteiger partial charge in [-0.3, -0.25) is 0 Å². The molecule has 0 radical (unpaired) electrons. The first-order valence-electron chi connectivity index (χ1n) is 12.5. The van der Waals surface area contributed by atoms with Gasteiger partial charge in [-0.2, -0.15) is 0 Å². The van der Waals surface area contributed by atoms with E-state index in [1.54, 1.807) is 0 Å². The molecule has 1 aliphatic rings. The molecule has 0 spiro atoms. The van der Waals surface area contributed by atoms with Crippen molar-refractivity contribution >= 4 is 38.8 Å². The van der Waals surface area contributed by atoms with E-state index < -0.39 is 5.60 Å². The van der Waals surface area contributed by atoms with E-state index in [0.29, 0.717) is 4.88 Å². The molecule has 4 aromatic rings. The number of hydrogen-bond donors (Lipinski definition) is 0. The Morgan fingerprint density at radius 2 is 1.20 bits per heavy atom. The van der Waals surface area contributed by atoms with Crippen molar-refractivity contribution in [1.82, 2.24) is 0 Å². The Labute approximate surface area is 211 Å². The molecule has 0 aliphatic carbocycles. The number of ether oxygens (including phenoxy) is 1. The normalized spacial score (nSPS) is 14.1. The first-order chi connectivity index (χ1) is 17.1. The Hall–Kier alpha value is -3.31. The molecular formula is C30H32N2O2S. The highest BCUT2D eigenvalue weighted by Gasteiger charge is 2.51. The second-order valence-corrected chi connectivity index (χ2v) is 9.86. The summed E-state index contributed by atoms with van der Waals surface area (Å²) in [6.07, 6.45) is 0. The first-order valence-corrected chi connectivity index (χ1v) is 13.3. The van der Waals surface area contributed by atoms with Crippen molar-refractivity contribution in [3.05, 3.63) is 94.4 Å². The molecule has 5 heteroatoms. The van der Waals surface area contributed by atoms with Crippen LogP contribution in [0.4, 0.5) is 11.4 Å². The average molecular weight is 485 g/mol. The van der Waals surface area contributed by atoms with E-state index in [1.165, 1.54) is 22.7 Å². The van der Waals surface area contributed by atoms with Gasteiger partial charge in [0.05, 0.1) is 0 Å². The summed E-state index contributed by atoms with van der Waals surface area (Å²) in [6, 6.07) is 25.4. The maximum Gasteiger partial charge on any atom is 0.350 e. The van der Waals surface area contributed by atoms with Crippen molar-refractivity contribution in [2.45, 2.75) is 33.3 Å². The zero-order valence-corrected chi connectivity index (χ0v) is 21.7. The molecule has 0 saturated heterocycles. The number of rotatable bonds is 8. The molecule has 5 rings (SSSR count). The fourth-order valence-corrected chi connectivity index (χ4v) is 6.47. The maximum absolute atomic E-state index is 13.3. The third-order valence-corrected chi connectivity index (χ3v) is 8.33. The van der Waals surface area contributed by atoms with Crippen molar-refractivity contribution in [2.24, 2.45) is 0 Å². The Morgan fingerprint density at radius 3 is 1.69 bits per heavy atom. The molecular weight excluding hydrogens is 452 g/mol. The number of benzene rings is 3. The number of anilines is 2. The zero-order valence-electron chi connectivity index (χ0n) is 20.9. The van der Waals surface area contributed by atoms with Gasteiger partial charge in [-0.1, -0.05) is 42.5 Å². The van der Waals surface area contributed by atoms with Crippen molar-refractivity contribution in [2.75, 3.05) is 36.0 Å². The molecule has 0 amide bonds. The lowest BCUT2D eigenvalue weighted by Gasteiger charge is -2.32. The highest BCUT2D eigenvalue weighted by atomic mass is 32.1. The molecule has 0 unspecified atom stereocenters. The highest BCUT2D eigenvalue weighted by molar-refractivity contribution is 7.21. The van der Waals surface area contributed by atoms with Crippen LogP contribution in [0.2, 0.25) is 0 Å². The number of cyclic esters (lactones) is 1. The summed E-state index contributed by atoms with van der Waals surface area (Å²) in [6.45, 7) is 12.4. The summed E-state index contributed by atoms with van der Waals surface area (Å²) < 4.78 is 7.50. The molecule has 3 aromatic carbocycles.